The SMILES string of the molecule is COc1ccc(COC(/C(F)=C\[C@@H](C)[C@H](C)O[Si](C)(C)C(C)(C)C)[C@H]2OC(C)(C)O[C@H]2CCO)cc1. The molecule has 1 N–H and O–H groups in total. The Morgan fingerprint density at radius 2 is 1.78 bits per heavy atom. The van der Waals surface area contributed by atoms with Crippen molar-refractivity contribution in [3.8, 4) is 5.75 Å². The van der Waals surface area contributed by atoms with E-state index in [0.717, 1.165) is 11.3 Å². The highest BCUT2D eigenvalue weighted by atomic mass is 28.4. The second-order valence-electron chi connectivity index (χ2n) is 11.7. The number of hydrogen-bond acceptors (Lipinski definition) is 6. The zero-order valence-electron chi connectivity index (χ0n) is 23.8. The van der Waals surface area contributed by atoms with Crippen molar-refractivity contribution >= 4 is 8.32 Å². The fourth-order valence-electron chi connectivity index (χ4n) is 3.94. The lowest BCUT2D eigenvalue weighted by atomic mass is 10.00. The summed E-state index contributed by atoms with van der Waals surface area (Å²) in [4.78, 5) is 0. The molecule has 0 spiro atoms. The van der Waals surface area contributed by atoms with E-state index < -0.39 is 38.2 Å². The molecule has 1 aromatic carbocycles. The fourth-order valence-corrected chi connectivity index (χ4v) is 5.44. The van der Waals surface area contributed by atoms with Crippen LogP contribution >= 0.6 is 0 Å². The second kappa shape index (κ2) is 12.5. The molecule has 1 saturated heterocycles. The standard InChI is InChI=1S/C28H47FO6Si/c1-19(20(2)35-36(9,10)27(3,4)5)17-23(29)25(26-24(15-16-30)33-28(6,7)34-26)32-18-21-11-13-22(31-8)14-12-21/h11-14,17,19-20,24-26,30H,15-16,18H2,1-10H3/b23-17+/t19-,20+,24+,25?,26+/m1/s1. The topological polar surface area (TPSA) is 66.4 Å². The van der Waals surface area contributed by atoms with Crippen LogP contribution in [0.1, 0.15) is 60.5 Å². The summed E-state index contributed by atoms with van der Waals surface area (Å²) in [5.41, 5.74) is 0.883. The van der Waals surface area contributed by atoms with Gasteiger partial charge in [0.25, 0.3) is 0 Å². The average molecular weight is 527 g/mol. The van der Waals surface area contributed by atoms with E-state index in [1.807, 2.05) is 38.1 Å². The second-order valence-corrected chi connectivity index (χ2v) is 16.5. The monoisotopic (exact) mass is 526 g/mol. The third kappa shape index (κ3) is 8.36. The lowest BCUT2D eigenvalue weighted by Gasteiger charge is -2.39. The highest BCUT2D eigenvalue weighted by Crippen LogP contribution is 2.39. The molecule has 206 valence electrons. The van der Waals surface area contributed by atoms with Gasteiger partial charge in [-0.1, -0.05) is 39.8 Å². The number of benzene rings is 1. The van der Waals surface area contributed by atoms with Gasteiger partial charge >= 0.3 is 0 Å². The zero-order valence-corrected chi connectivity index (χ0v) is 24.8. The van der Waals surface area contributed by atoms with Gasteiger partial charge in [-0.2, -0.15) is 0 Å². The highest BCUT2D eigenvalue weighted by Gasteiger charge is 2.47. The van der Waals surface area contributed by atoms with E-state index in [1.54, 1.807) is 27.0 Å². The first-order chi connectivity index (χ1) is 16.6. The number of rotatable bonds is 12. The van der Waals surface area contributed by atoms with Crippen molar-refractivity contribution in [3.63, 3.8) is 0 Å². The Morgan fingerprint density at radius 1 is 1.17 bits per heavy atom. The van der Waals surface area contributed by atoms with Gasteiger partial charge in [-0.3, -0.25) is 0 Å². The van der Waals surface area contributed by atoms with Crippen LogP contribution in [0.15, 0.2) is 36.2 Å². The number of aliphatic hydroxyl groups excluding tert-OH is 1. The first-order valence-electron chi connectivity index (χ1n) is 12.9. The quantitative estimate of drug-likeness (QED) is 0.319. The summed E-state index contributed by atoms with van der Waals surface area (Å²) < 4.78 is 45.9. The number of methoxy groups -OCH3 is 1. The van der Waals surface area contributed by atoms with Crippen molar-refractivity contribution in [2.24, 2.45) is 5.92 Å². The highest BCUT2D eigenvalue weighted by molar-refractivity contribution is 6.74. The normalized spacial score (nSPS) is 23.4. The molecule has 1 aliphatic heterocycles. The van der Waals surface area contributed by atoms with Gasteiger partial charge in [-0.15, -0.1) is 0 Å². The zero-order chi connectivity index (χ0) is 27.3. The third-order valence-electron chi connectivity index (χ3n) is 7.24. The van der Waals surface area contributed by atoms with E-state index >= 15 is 4.39 Å². The van der Waals surface area contributed by atoms with Crippen molar-refractivity contribution in [2.75, 3.05) is 13.7 Å². The Hall–Kier alpha value is -1.29. The molecule has 0 aromatic heterocycles. The van der Waals surface area contributed by atoms with Crippen LogP contribution in [0.3, 0.4) is 0 Å². The third-order valence-corrected chi connectivity index (χ3v) is 11.8. The van der Waals surface area contributed by atoms with Gasteiger partial charge in [-0.25, -0.2) is 4.39 Å². The van der Waals surface area contributed by atoms with Crippen LogP contribution in [-0.2, 0) is 25.2 Å². The molecule has 1 aromatic rings. The van der Waals surface area contributed by atoms with Gasteiger partial charge in [0, 0.05) is 18.6 Å². The van der Waals surface area contributed by atoms with Crippen molar-refractivity contribution in [1.29, 1.82) is 0 Å². The van der Waals surface area contributed by atoms with Gasteiger partial charge in [-0.05, 0) is 69.1 Å². The largest absolute Gasteiger partial charge is 0.497 e. The number of aliphatic hydroxyl groups is 1. The Labute approximate surface area is 218 Å². The molecule has 1 unspecified atom stereocenters. The molecule has 8 heteroatoms. The van der Waals surface area contributed by atoms with E-state index in [1.165, 1.54) is 0 Å². The summed E-state index contributed by atoms with van der Waals surface area (Å²) in [6.07, 6.45) is -0.449. The summed E-state index contributed by atoms with van der Waals surface area (Å²) >= 11 is 0. The van der Waals surface area contributed by atoms with Crippen LogP contribution in [0, 0.1) is 5.92 Å². The molecule has 6 nitrogen and oxygen atoms in total. The predicted molar refractivity (Wildman–Crippen MR) is 143 cm³/mol. The van der Waals surface area contributed by atoms with Crippen LogP contribution in [0.5, 0.6) is 5.75 Å². The van der Waals surface area contributed by atoms with Gasteiger partial charge in [0.1, 0.15) is 23.8 Å². The minimum atomic E-state index is -2.01. The Balaban J connectivity index is 2.28. The first kappa shape index (κ1) is 30.9. The van der Waals surface area contributed by atoms with Crippen LogP contribution in [0.4, 0.5) is 4.39 Å². The first-order valence-corrected chi connectivity index (χ1v) is 15.8. The molecular weight excluding hydrogens is 479 g/mol. The van der Waals surface area contributed by atoms with Crippen LogP contribution in [-0.4, -0.2) is 57.3 Å². The molecule has 0 bridgehead atoms. The summed E-state index contributed by atoms with van der Waals surface area (Å²) in [6.45, 7) is 18.6. The van der Waals surface area contributed by atoms with Gasteiger partial charge in [0.15, 0.2) is 14.1 Å². The number of hydrogen-bond donors (Lipinski definition) is 1. The van der Waals surface area contributed by atoms with Crippen LogP contribution in [0.25, 0.3) is 0 Å². The average Bonchev–Trinajstić information content (AvgIpc) is 3.07. The van der Waals surface area contributed by atoms with Gasteiger partial charge in [0.2, 0.25) is 0 Å². The fraction of sp³-hybridized carbons (Fsp3) is 0.714. The molecule has 0 aliphatic carbocycles. The molecule has 0 radical (unpaired) electrons. The van der Waals surface area contributed by atoms with E-state index in [4.69, 9.17) is 23.4 Å². The Kier molecular flexibility index (Phi) is 10.7. The molecule has 1 fully saturated rings. The smallest absolute Gasteiger partial charge is 0.192 e. The lowest BCUT2D eigenvalue weighted by molar-refractivity contribution is -0.158. The van der Waals surface area contributed by atoms with Crippen molar-refractivity contribution in [2.45, 2.75) is 110 Å². The molecule has 5 atom stereocenters. The van der Waals surface area contributed by atoms with Crippen molar-refractivity contribution < 1.29 is 32.9 Å². The molecule has 36 heavy (non-hydrogen) atoms. The summed E-state index contributed by atoms with van der Waals surface area (Å²) in [6, 6.07) is 7.45. The maximum Gasteiger partial charge on any atom is 0.192 e. The maximum absolute atomic E-state index is 16.0. The van der Waals surface area contributed by atoms with Gasteiger partial charge in [0.05, 0.1) is 19.8 Å². The van der Waals surface area contributed by atoms with Crippen LogP contribution < -0.4 is 4.74 Å². The summed E-state index contributed by atoms with van der Waals surface area (Å²) in [5, 5.41) is 9.64. The van der Waals surface area contributed by atoms with E-state index in [9.17, 15) is 5.11 Å². The molecular formula is C28H47FO6Si. The minimum Gasteiger partial charge on any atom is -0.497 e. The lowest BCUT2D eigenvalue weighted by Crippen LogP contribution is -2.44. The Bertz CT molecular complexity index is 849. The molecule has 1 aliphatic rings. The van der Waals surface area contributed by atoms with Crippen molar-refractivity contribution in [1.82, 2.24) is 0 Å². The van der Waals surface area contributed by atoms with E-state index in [0.29, 0.717) is 6.42 Å². The van der Waals surface area contributed by atoms with E-state index in [2.05, 4.69) is 33.9 Å². The predicted octanol–water partition coefficient (Wildman–Crippen LogP) is 6.38. The number of ether oxygens (including phenoxy) is 4. The number of halogens is 1. The van der Waals surface area contributed by atoms with Gasteiger partial charge < -0.3 is 28.5 Å². The Morgan fingerprint density at radius 3 is 2.31 bits per heavy atom. The van der Waals surface area contributed by atoms with E-state index in [-0.39, 0.29) is 30.3 Å². The van der Waals surface area contributed by atoms with Crippen molar-refractivity contribution in [3.05, 3.63) is 41.7 Å². The maximum atomic E-state index is 16.0. The minimum absolute atomic E-state index is 0.0609. The molecule has 2 rings (SSSR count). The molecule has 0 saturated carbocycles. The molecule has 1 heterocycles. The summed E-state index contributed by atoms with van der Waals surface area (Å²) in [5.74, 6) is -0.770. The summed E-state index contributed by atoms with van der Waals surface area (Å²) in [7, 11) is -0.398. The van der Waals surface area contributed by atoms with Crippen LogP contribution in [0.2, 0.25) is 18.1 Å². The molecule has 0 amide bonds.